The molecule has 0 saturated heterocycles. The number of hydrogen-bond donors (Lipinski definition) is 2. The molecule has 5 heteroatoms. The van der Waals surface area contributed by atoms with Gasteiger partial charge in [0.2, 0.25) is 0 Å². The van der Waals surface area contributed by atoms with Gasteiger partial charge in [-0.15, -0.1) is 0 Å². The van der Waals surface area contributed by atoms with E-state index in [-0.39, 0.29) is 35.1 Å². The van der Waals surface area contributed by atoms with Gasteiger partial charge >= 0.3 is 41.5 Å². The van der Waals surface area contributed by atoms with Crippen LogP contribution >= 0.6 is 0 Å². The van der Waals surface area contributed by atoms with Crippen molar-refractivity contribution in [3.8, 4) is 0 Å². The predicted octanol–water partition coefficient (Wildman–Crippen LogP) is 0.465. The molecule has 0 heterocycles. The standard InChI is InChI=1S/C10H10O4.Na.H/c1-10(8(11)12,9(13)14)7-5-3-2-4-6-7;;/h2-6H,1H3,(H,11,12)(H,13,14);;. The maximum absolute atomic E-state index is 10.9. The zero-order valence-corrected chi connectivity index (χ0v) is 7.60. The molecule has 0 unspecified atom stereocenters. The molecule has 76 valence electrons. The monoisotopic (exact) mass is 218 g/mol. The molecule has 4 nitrogen and oxygen atoms in total. The summed E-state index contributed by atoms with van der Waals surface area (Å²) in [6.45, 7) is 1.17. The Balaban J connectivity index is 0.00000196. The molecule has 0 bridgehead atoms. The van der Waals surface area contributed by atoms with Crippen molar-refractivity contribution in [2.75, 3.05) is 0 Å². The molecule has 0 fully saturated rings. The Morgan fingerprint density at radius 3 is 1.80 bits per heavy atom. The number of hydrogen-bond acceptors (Lipinski definition) is 2. The average Bonchev–Trinajstić information content (AvgIpc) is 2.17. The Kier molecular flexibility index (Phi) is 5.00. The topological polar surface area (TPSA) is 74.6 Å². The van der Waals surface area contributed by atoms with Crippen LogP contribution in [0.4, 0.5) is 0 Å². The van der Waals surface area contributed by atoms with Crippen LogP contribution in [0, 0.1) is 0 Å². The van der Waals surface area contributed by atoms with Crippen molar-refractivity contribution in [1.29, 1.82) is 0 Å². The molecule has 0 saturated carbocycles. The molecule has 0 aliphatic carbocycles. The van der Waals surface area contributed by atoms with Gasteiger partial charge in [0, 0.05) is 0 Å². The molecule has 2 N–H and O–H groups in total. The van der Waals surface area contributed by atoms with Crippen molar-refractivity contribution in [2.24, 2.45) is 0 Å². The zero-order chi connectivity index (χ0) is 10.8. The first-order valence-corrected chi connectivity index (χ1v) is 4.02. The van der Waals surface area contributed by atoms with Crippen molar-refractivity contribution in [1.82, 2.24) is 0 Å². The van der Waals surface area contributed by atoms with Crippen LogP contribution in [0.1, 0.15) is 12.5 Å². The quantitative estimate of drug-likeness (QED) is 0.571. The maximum atomic E-state index is 10.9. The number of rotatable bonds is 3. The van der Waals surface area contributed by atoms with Gasteiger partial charge in [-0.25, -0.2) is 0 Å². The van der Waals surface area contributed by atoms with Gasteiger partial charge in [-0.3, -0.25) is 9.59 Å². The molecule has 1 rings (SSSR count). The van der Waals surface area contributed by atoms with Crippen LogP contribution < -0.4 is 0 Å². The summed E-state index contributed by atoms with van der Waals surface area (Å²) in [4.78, 5) is 21.8. The van der Waals surface area contributed by atoms with E-state index in [0.29, 0.717) is 0 Å². The molecule has 1 aromatic carbocycles. The van der Waals surface area contributed by atoms with E-state index in [0.717, 1.165) is 0 Å². The number of benzene rings is 1. The fraction of sp³-hybridized carbons (Fsp3) is 0.200. The van der Waals surface area contributed by atoms with E-state index in [2.05, 4.69) is 0 Å². The summed E-state index contributed by atoms with van der Waals surface area (Å²) in [5, 5.41) is 17.8. The van der Waals surface area contributed by atoms with Crippen LogP contribution in [0.25, 0.3) is 0 Å². The van der Waals surface area contributed by atoms with Crippen molar-refractivity contribution in [3.05, 3.63) is 35.9 Å². The Morgan fingerprint density at radius 2 is 1.47 bits per heavy atom. The Bertz CT molecular complexity index is 347. The van der Waals surface area contributed by atoms with E-state index < -0.39 is 17.4 Å². The van der Waals surface area contributed by atoms with Crippen LogP contribution in [0.5, 0.6) is 0 Å². The number of carboxylic acid groups (broad SMARTS) is 2. The van der Waals surface area contributed by atoms with Crippen LogP contribution in [0.3, 0.4) is 0 Å². The molecular formula is C10H11NaO4. The Labute approximate surface area is 109 Å². The first-order chi connectivity index (χ1) is 6.49. The third-order valence-electron chi connectivity index (χ3n) is 2.21. The summed E-state index contributed by atoms with van der Waals surface area (Å²) < 4.78 is 0. The molecule has 0 aromatic heterocycles. The SMILES string of the molecule is CC(C(=O)O)(C(=O)O)c1ccccc1.[NaH]. The fourth-order valence-electron chi connectivity index (χ4n) is 1.11. The van der Waals surface area contributed by atoms with E-state index in [9.17, 15) is 9.59 Å². The predicted molar refractivity (Wildman–Crippen MR) is 56.2 cm³/mol. The fourth-order valence-corrected chi connectivity index (χ4v) is 1.11. The first-order valence-electron chi connectivity index (χ1n) is 4.02. The molecule has 0 radical (unpaired) electrons. The second kappa shape index (κ2) is 5.30. The second-order valence-electron chi connectivity index (χ2n) is 3.10. The molecule has 0 atom stereocenters. The van der Waals surface area contributed by atoms with Crippen LogP contribution in [-0.2, 0) is 15.0 Å². The van der Waals surface area contributed by atoms with E-state index in [4.69, 9.17) is 10.2 Å². The molecule has 1 aromatic rings. The minimum absolute atomic E-state index is 0. The second-order valence-corrected chi connectivity index (χ2v) is 3.10. The van der Waals surface area contributed by atoms with Gasteiger partial charge < -0.3 is 10.2 Å². The van der Waals surface area contributed by atoms with Gasteiger partial charge in [0.25, 0.3) is 0 Å². The third-order valence-corrected chi connectivity index (χ3v) is 2.21. The van der Waals surface area contributed by atoms with E-state index in [1.807, 2.05) is 0 Å². The van der Waals surface area contributed by atoms with Gasteiger partial charge in [-0.1, -0.05) is 30.3 Å². The minimum atomic E-state index is -1.87. The molecule has 15 heavy (non-hydrogen) atoms. The van der Waals surface area contributed by atoms with E-state index in [1.54, 1.807) is 18.2 Å². The van der Waals surface area contributed by atoms with Crippen molar-refractivity contribution in [3.63, 3.8) is 0 Å². The molecule has 0 aliphatic rings. The van der Waals surface area contributed by atoms with Crippen molar-refractivity contribution < 1.29 is 19.8 Å². The normalized spacial score (nSPS) is 10.2. The van der Waals surface area contributed by atoms with Crippen LogP contribution in [0.15, 0.2) is 30.3 Å². The summed E-state index contributed by atoms with van der Waals surface area (Å²) in [6, 6.07) is 7.90. The van der Waals surface area contributed by atoms with Gasteiger partial charge in [-0.05, 0) is 12.5 Å². The average molecular weight is 218 g/mol. The van der Waals surface area contributed by atoms with E-state index >= 15 is 0 Å². The van der Waals surface area contributed by atoms with Crippen molar-refractivity contribution >= 4 is 41.5 Å². The van der Waals surface area contributed by atoms with Gasteiger partial charge in [0.05, 0.1) is 0 Å². The number of carbonyl (C=O) groups is 2. The summed E-state index contributed by atoms with van der Waals surface area (Å²) >= 11 is 0. The van der Waals surface area contributed by atoms with Crippen LogP contribution in [0.2, 0.25) is 0 Å². The van der Waals surface area contributed by atoms with E-state index in [1.165, 1.54) is 19.1 Å². The summed E-state index contributed by atoms with van der Waals surface area (Å²) in [5.74, 6) is -2.73. The first kappa shape index (κ1) is 14.2. The Morgan fingerprint density at radius 1 is 1.07 bits per heavy atom. The Hall–Kier alpha value is -0.840. The number of aliphatic carboxylic acids is 2. The molecule has 0 amide bonds. The molecule has 0 spiro atoms. The third kappa shape index (κ3) is 2.59. The number of carboxylic acids is 2. The van der Waals surface area contributed by atoms with Gasteiger partial charge in [0.15, 0.2) is 5.41 Å². The van der Waals surface area contributed by atoms with Gasteiger partial charge in [-0.2, -0.15) is 0 Å². The van der Waals surface area contributed by atoms with Crippen LogP contribution in [-0.4, -0.2) is 51.7 Å². The molecule has 0 aliphatic heterocycles. The summed E-state index contributed by atoms with van der Waals surface area (Å²) in [5.41, 5.74) is -1.61. The zero-order valence-electron chi connectivity index (χ0n) is 7.60. The summed E-state index contributed by atoms with van der Waals surface area (Å²) in [7, 11) is 0. The van der Waals surface area contributed by atoms with Gasteiger partial charge in [0.1, 0.15) is 0 Å². The van der Waals surface area contributed by atoms with Crippen molar-refractivity contribution in [2.45, 2.75) is 12.3 Å². The molecular weight excluding hydrogens is 207 g/mol. The summed E-state index contributed by atoms with van der Waals surface area (Å²) in [6.07, 6.45) is 0.